The van der Waals surface area contributed by atoms with E-state index >= 15 is 0 Å². The monoisotopic (exact) mass is 349 g/mol. The molecular formula is C22H27N3O. The summed E-state index contributed by atoms with van der Waals surface area (Å²) in [4.78, 5) is 19.7. The predicted molar refractivity (Wildman–Crippen MR) is 104 cm³/mol. The lowest BCUT2D eigenvalue weighted by molar-refractivity contribution is -0.125. The number of nitrogens with one attached hydrogen (secondary N) is 1. The number of carbonyl (C=O) groups excluding carboxylic acids is 1. The van der Waals surface area contributed by atoms with Gasteiger partial charge in [-0.3, -0.25) is 9.78 Å². The Morgan fingerprint density at radius 3 is 2.65 bits per heavy atom. The maximum Gasteiger partial charge on any atom is 0.230 e. The third-order valence-electron chi connectivity index (χ3n) is 5.69. The highest BCUT2D eigenvalue weighted by Gasteiger charge is 2.44. The summed E-state index contributed by atoms with van der Waals surface area (Å²) in [6, 6.07) is 14.9. The summed E-state index contributed by atoms with van der Waals surface area (Å²) in [6.07, 6.45) is 1.86. The zero-order valence-electron chi connectivity index (χ0n) is 15.8. The van der Waals surface area contributed by atoms with E-state index in [9.17, 15) is 4.79 Å². The highest BCUT2D eigenvalue weighted by atomic mass is 16.2. The Morgan fingerprint density at radius 2 is 1.92 bits per heavy atom. The molecule has 0 atom stereocenters. The largest absolute Gasteiger partial charge is 0.310 e. The number of aryl methyl sites for hydroxylation is 1. The van der Waals surface area contributed by atoms with Crippen LogP contribution in [0.15, 0.2) is 42.5 Å². The molecule has 2 aliphatic rings. The quantitative estimate of drug-likeness (QED) is 0.918. The summed E-state index contributed by atoms with van der Waals surface area (Å²) in [5, 5.41) is 3.57. The summed E-state index contributed by atoms with van der Waals surface area (Å²) in [5.74, 6) is 0.395. The summed E-state index contributed by atoms with van der Waals surface area (Å²) in [6.45, 7) is 7.97. The van der Waals surface area contributed by atoms with E-state index in [0.717, 1.165) is 43.0 Å². The van der Waals surface area contributed by atoms with Crippen molar-refractivity contribution in [3.05, 3.63) is 59.4 Å². The van der Waals surface area contributed by atoms with E-state index in [0.29, 0.717) is 6.04 Å². The Labute approximate surface area is 155 Å². The van der Waals surface area contributed by atoms with Crippen LogP contribution in [-0.2, 0) is 16.8 Å². The normalized spacial score (nSPS) is 23.4. The number of hydrogen-bond donors (Lipinski definition) is 1. The van der Waals surface area contributed by atoms with Crippen molar-refractivity contribution in [2.45, 2.75) is 51.6 Å². The van der Waals surface area contributed by atoms with Gasteiger partial charge in [0.05, 0.1) is 11.4 Å². The van der Waals surface area contributed by atoms with Crippen molar-refractivity contribution in [3.8, 4) is 0 Å². The molecule has 1 amide bonds. The zero-order chi connectivity index (χ0) is 18.3. The Hall–Kier alpha value is -2.20. The summed E-state index contributed by atoms with van der Waals surface area (Å²) < 4.78 is 0. The molecule has 4 heteroatoms. The van der Waals surface area contributed by atoms with Crippen molar-refractivity contribution in [1.29, 1.82) is 0 Å². The maximum absolute atomic E-state index is 13.1. The molecule has 1 saturated carbocycles. The number of nitrogens with zero attached hydrogens (tertiary/aromatic N) is 2. The second kappa shape index (κ2) is 6.51. The van der Waals surface area contributed by atoms with E-state index in [1.54, 1.807) is 0 Å². The van der Waals surface area contributed by atoms with Gasteiger partial charge in [0.15, 0.2) is 0 Å². The summed E-state index contributed by atoms with van der Waals surface area (Å²) in [7, 11) is 0. The number of rotatable bonds is 4. The molecule has 0 unspecified atom stereocenters. The molecule has 1 aliphatic heterocycles. The summed E-state index contributed by atoms with van der Waals surface area (Å²) in [5.41, 5.74) is 4.29. The molecule has 1 N–H and O–H groups in total. The fraction of sp³-hybridized carbons (Fsp3) is 0.455. The van der Waals surface area contributed by atoms with Crippen LogP contribution in [0.1, 0.15) is 43.6 Å². The lowest BCUT2D eigenvalue weighted by Crippen LogP contribution is -2.49. The number of pyridine rings is 1. The smallest absolute Gasteiger partial charge is 0.230 e. The molecule has 0 bridgehead atoms. The van der Waals surface area contributed by atoms with E-state index in [-0.39, 0.29) is 17.2 Å². The number of aromatic nitrogens is 1. The van der Waals surface area contributed by atoms with Gasteiger partial charge in [0.1, 0.15) is 0 Å². The van der Waals surface area contributed by atoms with E-state index in [4.69, 9.17) is 4.98 Å². The van der Waals surface area contributed by atoms with Crippen molar-refractivity contribution in [1.82, 2.24) is 10.3 Å². The SMILES string of the molecule is Cc1ccc2c(n1)C(C)(C)CN2C(=O)C1CC(NCc2ccccc2)C1. The minimum Gasteiger partial charge on any atom is -0.310 e. The highest BCUT2D eigenvalue weighted by Crippen LogP contribution is 2.41. The van der Waals surface area contributed by atoms with Gasteiger partial charge >= 0.3 is 0 Å². The lowest BCUT2D eigenvalue weighted by Gasteiger charge is -2.37. The minimum atomic E-state index is -0.0777. The number of amides is 1. The lowest BCUT2D eigenvalue weighted by atomic mass is 9.79. The van der Waals surface area contributed by atoms with Crippen LogP contribution in [0.5, 0.6) is 0 Å². The van der Waals surface area contributed by atoms with Crippen LogP contribution in [0.4, 0.5) is 5.69 Å². The number of fused-ring (bicyclic) bond motifs is 1. The Kier molecular flexibility index (Phi) is 4.31. The van der Waals surface area contributed by atoms with Crippen LogP contribution >= 0.6 is 0 Å². The van der Waals surface area contributed by atoms with Gasteiger partial charge in [-0.2, -0.15) is 0 Å². The molecule has 1 aromatic carbocycles. The molecule has 2 aromatic rings. The fourth-order valence-electron chi connectivity index (χ4n) is 4.08. The average Bonchev–Trinajstić information content (AvgIpc) is 2.85. The van der Waals surface area contributed by atoms with Gasteiger partial charge in [-0.1, -0.05) is 44.2 Å². The number of anilines is 1. The van der Waals surface area contributed by atoms with Crippen molar-refractivity contribution in [3.63, 3.8) is 0 Å². The van der Waals surface area contributed by atoms with Crippen molar-refractivity contribution >= 4 is 11.6 Å². The fourth-order valence-corrected chi connectivity index (χ4v) is 4.08. The van der Waals surface area contributed by atoms with E-state index in [1.165, 1.54) is 5.56 Å². The molecular weight excluding hydrogens is 322 g/mol. The molecule has 4 rings (SSSR count). The number of hydrogen-bond acceptors (Lipinski definition) is 3. The standard InChI is InChI=1S/C22H27N3O/c1-15-9-10-19-20(24-15)22(2,3)14-25(19)21(26)17-11-18(12-17)23-13-16-7-5-4-6-8-16/h4-10,17-18,23H,11-14H2,1-3H3. The van der Waals surface area contributed by atoms with Crippen LogP contribution < -0.4 is 10.2 Å². The third kappa shape index (κ3) is 3.14. The molecule has 1 aromatic heterocycles. The van der Waals surface area contributed by atoms with Crippen LogP contribution in [-0.4, -0.2) is 23.5 Å². The maximum atomic E-state index is 13.1. The van der Waals surface area contributed by atoms with E-state index in [1.807, 2.05) is 24.0 Å². The number of carbonyl (C=O) groups is 1. The first-order chi connectivity index (χ1) is 12.4. The van der Waals surface area contributed by atoms with Crippen LogP contribution in [0.2, 0.25) is 0 Å². The topological polar surface area (TPSA) is 45.2 Å². The molecule has 2 heterocycles. The van der Waals surface area contributed by atoms with Crippen molar-refractivity contribution in [2.75, 3.05) is 11.4 Å². The van der Waals surface area contributed by atoms with Gasteiger partial charge in [-0.25, -0.2) is 0 Å². The molecule has 1 fully saturated rings. The van der Waals surface area contributed by atoms with Crippen molar-refractivity contribution in [2.24, 2.45) is 5.92 Å². The summed E-state index contributed by atoms with van der Waals surface area (Å²) >= 11 is 0. The molecule has 0 spiro atoms. The molecule has 4 nitrogen and oxygen atoms in total. The molecule has 26 heavy (non-hydrogen) atoms. The second-order valence-corrected chi connectivity index (χ2v) is 8.36. The van der Waals surface area contributed by atoms with Crippen LogP contribution in [0, 0.1) is 12.8 Å². The van der Waals surface area contributed by atoms with Gasteiger partial charge in [0.25, 0.3) is 0 Å². The Balaban J connectivity index is 1.37. The second-order valence-electron chi connectivity index (χ2n) is 8.36. The highest BCUT2D eigenvalue weighted by molar-refractivity contribution is 5.98. The van der Waals surface area contributed by atoms with Crippen LogP contribution in [0.3, 0.4) is 0 Å². The zero-order valence-corrected chi connectivity index (χ0v) is 15.8. The van der Waals surface area contributed by atoms with E-state index in [2.05, 4.69) is 49.5 Å². The third-order valence-corrected chi connectivity index (χ3v) is 5.69. The van der Waals surface area contributed by atoms with Crippen molar-refractivity contribution < 1.29 is 4.79 Å². The van der Waals surface area contributed by atoms with Gasteiger partial charge in [-0.15, -0.1) is 0 Å². The molecule has 136 valence electrons. The van der Waals surface area contributed by atoms with Crippen LogP contribution in [0.25, 0.3) is 0 Å². The molecule has 0 saturated heterocycles. The van der Waals surface area contributed by atoms with Gasteiger partial charge in [0, 0.05) is 36.2 Å². The first-order valence-electron chi connectivity index (χ1n) is 9.51. The van der Waals surface area contributed by atoms with Gasteiger partial charge in [0.2, 0.25) is 5.91 Å². The molecule has 1 aliphatic carbocycles. The Morgan fingerprint density at radius 1 is 1.19 bits per heavy atom. The van der Waals surface area contributed by atoms with Gasteiger partial charge < -0.3 is 10.2 Å². The number of benzene rings is 1. The first-order valence-corrected chi connectivity index (χ1v) is 9.51. The van der Waals surface area contributed by atoms with E-state index < -0.39 is 0 Å². The predicted octanol–water partition coefficient (Wildman–Crippen LogP) is 3.58. The molecule has 0 radical (unpaired) electrons. The van der Waals surface area contributed by atoms with Gasteiger partial charge in [-0.05, 0) is 37.5 Å². The Bertz CT molecular complexity index is 809. The first kappa shape index (κ1) is 17.2. The average molecular weight is 349 g/mol. The minimum absolute atomic E-state index is 0.0777.